The minimum atomic E-state index is -0.615. The highest BCUT2D eigenvalue weighted by Gasteiger charge is 2.39. The van der Waals surface area contributed by atoms with Gasteiger partial charge in [0.2, 0.25) is 11.8 Å². The van der Waals surface area contributed by atoms with Gasteiger partial charge >= 0.3 is 0 Å². The maximum atomic E-state index is 12.4. The van der Waals surface area contributed by atoms with Gasteiger partial charge in [-0.25, -0.2) is 0 Å². The molecular weight excluding hydrogens is 313 g/mol. The smallest absolute Gasteiger partial charge is 0.250 e. The molecule has 5 nitrogen and oxygen atoms in total. The lowest BCUT2D eigenvalue weighted by molar-refractivity contribution is -0.122. The summed E-state index contributed by atoms with van der Waals surface area (Å²) < 4.78 is 0. The molecule has 1 aliphatic rings. The Bertz CT molecular complexity index is 543. The number of rotatable bonds is 4. The molecule has 0 saturated carbocycles. The second kappa shape index (κ2) is 7.11. The van der Waals surface area contributed by atoms with Crippen molar-refractivity contribution in [2.24, 2.45) is 5.73 Å². The number of anilines is 1. The monoisotopic (exact) mass is 331 g/mol. The summed E-state index contributed by atoms with van der Waals surface area (Å²) >= 11 is 5.88. The average Bonchev–Trinajstić information content (AvgIpc) is 2.90. The first-order valence-electron chi connectivity index (χ1n) is 6.64. The summed E-state index contributed by atoms with van der Waals surface area (Å²) in [6.45, 7) is 2.82. The molecule has 0 spiro atoms. The molecule has 2 amide bonds. The van der Waals surface area contributed by atoms with E-state index in [0.717, 1.165) is 25.8 Å². The molecule has 116 valence electrons. The molecule has 0 aromatic heterocycles. The van der Waals surface area contributed by atoms with Crippen molar-refractivity contribution in [3.05, 3.63) is 28.8 Å². The molecule has 0 radical (unpaired) electrons. The van der Waals surface area contributed by atoms with E-state index in [4.69, 9.17) is 17.3 Å². The van der Waals surface area contributed by atoms with Crippen molar-refractivity contribution in [3.8, 4) is 0 Å². The van der Waals surface area contributed by atoms with Crippen molar-refractivity contribution in [1.82, 2.24) is 5.32 Å². The third-order valence-electron chi connectivity index (χ3n) is 3.77. The van der Waals surface area contributed by atoms with Crippen LogP contribution in [0.2, 0.25) is 5.02 Å². The number of hydrogen-bond donors (Lipinski definition) is 3. The third-order valence-corrected chi connectivity index (χ3v) is 4.10. The maximum Gasteiger partial charge on any atom is 0.250 e. The zero-order valence-corrected chi connectivity index (χ0v) is 13.3. The molecule has 0 aliphatic carbocycles. The normalized spacial score (nSPS) is 20.7. The lowest BCUT2D eigenvalue weighted by Crippen LogP contribution is -2.50. The second-order valence-corrected chi connectivity index (χ2v) is 5.39. The molecule has 21 heavy (non-hydrogen) atoms. The van der Waals surface area contributed by atoms with Crippen LogP contribution in [0.5, 0.6) is 0 Å². The lowest BCUT2D eigenvalue weighted by Gasteiger charge is -2.26. The number of carbonyl (C=O) groups is 2. The van der Waals surface area contributed by atoms with Gasteiger partial charge in [-0.15, -0.1) is 12.4 Å². The zero-order valence-electron chi connectivity index (χ0n) is 11.7. The Morgan fingerprint density at radius 1 is 1.48 bits per heavy atom. The van der Waals surface area contributed by atoms with E-state index in [9.17, 15) is 9.59 Å². The highest BCUT2D eigenvalue weighted by Crippen LogP contribution is 2.26. The molecule has 1 heterocycles. The van der Waals surface area contributed by atoms with E-state index < -0.39 is 11.4 Å². The van der Waals surface area contributed by atoms with Gasteiger partial charge in [0.15, 0.2) is 0 Å². The Morgan fingerprint density at radius 3 is 2.71 bits per heavy atom. The summed E-state index contributed by atoms with van der Waals surface area (Å²) in [4.78, 5) is 23.7. The van der Waals surface area contributed by atoms with Gasteiger partial charge in [-0.05, 0) is 44.0 Å². The maximum absolute atomic E-state index is 12.4. The van der Waals surface area contributed by atoms with Crippen LogP contribution >= 0.6 is 24.0 Å². The SMILES string of the molecule is CCC1(C(=O)Nc2ccc(Cl)c(C(N)=O)c2)CCCN1.Cl. The summed E-state index contributed by atoms with van der Waals surface area (Å²) in [6.07, 6.45) is 2.51. The van der Waals surface area contributed by atoms with E-state index in [2.05, 4.69) is 10.6 Å². The number of halogens is 2. The molecule has 1 unspecified atom stereocenters. The number of amides is 2. The Hall–Kier alpha value is -1.30. The molecule has 1 atom stereocenters. The highest BCUT2D eigenvalue weighted by atomic mass is 35.5. The highest BCUT2D eigenvalue weighted by molar-refractivity contribution is 6.34. The molecule has 1 saturated heterocycles. The second-order valence-electron chi connectivity index (χ2n) is 4.98. The van der Waals surface area contributed by atoms with E-state index >= 15 is 0 Å². The molecule has 7 heteroatoms. The first-order chi connectivity index (χ1) is 9.48. The first kappa shape index (κ1) is 17.8. The van der Waals surface area contributed by atoms with Gasteiger partial charge in [0, 0.05) is 5.69 Å². The number of carbonyl (C=O) groups excluding carboxylic acids is 2. The fourth-order valence-electron chi connectivity index (χ4n) is 2.50. The molecular formula is C14H19Cl2N3O2. The molecule has 1 fully saturated rings. The van der Waals surface area contributed by atoms with Gasteiger partial charge in [-0.3, -0.25) is 9.59 Å². The summed E-state index contributed by atoms with van der Waals surface area (Å²) in [5.74, 6) is -0.703. The average molecular weight is 332 g/mol. The summed E-state index contributed by atoms with van der Waals surface area (Å²) in [6, 6.07) is 4.71. The Morgan fingerprint density at radius 2 is 2.19 bits per heavy atom. The fourth-order valence-corrected chi connectivity index (χ4v) is 2.72. The number of benzene rings is 1. The third kappa shape index (κ3) is 3.67. The van der Waals surface area contributed by atoms with Crippen LogP contribution in [0, 0.1) is 0 Å². The Balaban J connectivity index is 0.00000220. The van der Waals surface area contributed by atoms with Crippen molar-refractivity contribution in [2.75, 3.05) is 11.9 Å². The molecule has 0 bridgehead atoms. The lowest BCUT2D eigenvalue weighted by atomic mass is 9.93. The molecule has 1 aromatic carbocycles. The minimum absolute atomic E-state index is 0. The van der Waals surface area contributed by atoms with Crippen molar-refractivity contribution >= 4 is 41.5 Å². The van der Waals surface area contributed by atoms with Crippen LogP contribution in [0.1, 0.15) is 36.5 Å². The number of nitrogens with two attached hydrogens (primary N) is 1. The largest absolute Gasteiger partial charge is 0.366 e. The van der Waals surface area contributed by atoms with E-state index in [0.29, 0.717) is 5.69 Å². The van der Waals surface area contributed by atoms with Crippen LogP contribution in [0.15, 0.2) is 18.2 Å². The van der Waals surface area contributed by atoms with E-state index in [1.807, 2.05) is 6.92 Å². The Labute approximate surface area is 135 Å². The minimum Gasteiger partial charge on any atom is -0.366 e. The van der Waals surface area contributed by atoms with Crippen LogP contribution in [0.4, 0.5) is 5.69 Å². The van der Waals surface area contributed by atoms with Gasteiger partial charge < -0.3 is 16.4 Å². The van der Waals surface area contributed by atoms with E-state index in [1.54, 1.807) is 12.1 Å². The zero-order chi connectivity index (χ0) is 14.8. The standard InChI is InChI=1S/C14H18ClN3O2.ClH/c1-2-14(6-3-7-17-14)13(20)18-9-4-5-11(15)10(8-9)12(16)19;/h4-5,8,17H,2-3,6-7H2,1H3,(H2,16,19)(H,18,20);1H. The topological polar surface area (TPSA) is 84.2 Å². The summed E-state index contributed by atoms with van der Waals surface area (Å²) in [7, 11) is 0. The van der Waals surface area contributed by atoms with Crippen molar-refractivity contribution in [1.29, 1.82) is 0 Å². The summed E-state index contributed by atoms with van der Waals surface area (Å²) in [5, 5.41) is 6.37. The van der Waals surface area contributed by atoms with Crippen LogP contribution in [0.3, 0.4) is 0 Å². The number of hydrogen-bond acceptors (Lipinski definition) is 3. The van der Waals surface area contributed by atoms with Crippen LogP contribution in [-0.4, -0.2) is 23.9 Å². The molecule has 4 N–H and O–H groups in total. The predicted molar refractivity (Wildman–Crippen MR) is 86.1 cm³/mol. The van der Waals surface area contributed by atoms with Gasteiger partial charge in [-0.2, -0.15) is 0 Å². The van der Waals surface area contributed by atoms with Gasteiger partial charge in [0.05, 0.1) is 16.1 Å². The van der Waals surface area contributed by atoms with Gasteiger partial charge in [0.25, 0.3) is 0 Å². The van der Waals surface area contributed by atoms with Crippen LogP contribution < -0.4 is 16.4 Å². The Kier molecular flexibility index (Phi) is 6.01. The van der Waals surface area contributed by atoms with Crippen LogP contribution in [0.25, 0.3) is 0 Å². The van der Waals surface area contributed by atoms with Gasteiger partial charge in [-0.1, -0.05) is 18.5 Å². The molecule has 1 aliphatic heterocycles. The van der Waals surface area contributed by atoms with Crippen molar-refractivity contribution in [3.63, 3.8) is 0 Å². The van der Waals surface area contributed by atoms with E-state index in [-0.39, 0.29) is 28.9 Å². The number of primary amides is 1. The van der Waals surface area contributed by atoms with Crippen LogP contribution in [-0.2, 0) is 4.79 Å². The quantitative estimate of drug-likeness (QED) is 0.791. The molecule has 2 rings (SSSR count). The molecule has 1 aromatic rings. The van der Waals surface area contributed by atoms with Crippen molar-refractivity contribution in [2.45, 2.75) is 31.7 Å². The number of nitrogens with one attached hydrogen (secondary N) is 2. The van der Waals surface area contributed by atoms with Gasteiger partial charge in [0.1, 0.15) is 0 Å². The first-order valence-corrected chi connectivity index (χ1v) is 7.02. The summed E-state index contributed by atoms with van der Waals surface area (Å²) in [5.41, 5.74) is 5.44. The fraction of sp³-hybridized carbons (Fsp3) is 0.429. The van der Waals surface area contributed by atoms with Crippen molar-refractivity contribution < 1.29 is 9.59 Å². The van der Waals surface area contributed by atoms with E-state index in [1.165, 1.54) is 6.07 Å². The predicted octanol–water partition coefficient (Wildman–Crippen LogP) is 2.33.